The van der Waals surface area contributed by atoms with Gasteiger partial charge in [-0.1, -0.05) is 18.2 Å². The van der Waals surface area contributed by atoms with Crippen molar-refractivity contribution in [2.24, 2.45) is 0 Å². The Morgan fingerprint density at radius 2 is 2.04 bits per heavy atom. The largest absolute Gasteiger partial charge is 0.467 e. The average molecular weight is 346 g/mol. The highest BCUT2D eigenvalue weighted by atomic mass is 16.3. The number of nitrogens with one attached hydrogen (secondary N) is 3. The van der Waals surface area contributed by atoms with E-state index in [1.165, 1.54) is 0 Å². The van der Waals surface area contributed by atoms with E-state index >= 15 is 0 Å². The summed E-state index contributed by atoms with van der Waals surface area (Å²) in [6, 6.07) is 15.3. The van der Waals surface area contributed by atoms with Crippen LogP contribution < -0.4 is 10.6 Å². The number of pyridine rings is 1. The van der Waals surface area contributed by atoms with Gasteiger partial charge in [0, 0.05) is 17.1 Å². The molecular weight excluding hydrogens is 328 g/mol. The number of carbonyl (C=O) groups is 1. The van der Waals surface area contributed by atoms with Crippen molar-refractivity contribution in [2.45, 2.75) is 13.0 Å². The van der Waals surface area contributed by atoms with Gasteiger partial charge in [-0.3, -0.25) is 4.79 Å². The monoisotopic (exact) mass is 346 g/mol. The van der Waals surface area contributed by atoms with Gasteiger partial charge in [-0.2, -0.15) is 0 Å². The van der Waals surface area contributed by atoms with Crippen molar-refractivity contribution >= 4 is 28.3 Å². The van der Waals surface area contributed by atoms with Gasteiger partial charge in [0.2, 0.25) is 5.91 Å². The van der Waals surface area contributed by atoms with Crippen LogP contribution in [-0.2, 0) is 17.8 Å². The van der Waals surface area contributed by atoms with Crippen LogP contribution >= 0.6 is 0 Å². The maximum Gasteiger partial charge on any atom is 0.228 e. The van der Waals surface area contributed by atoms with Crippen LogP contribution in [0.4, 0.5) is 11.5 Å². The smallest absolute Gasteiger partial charge is 0.228 e. The molecule has 3 aromatic heterocycles. The van der Waals surface area contributed by atoms with Crippen molar-refractivity contribution in [2.75, 3.05) is 10.6 Å². The number of benzene rings is 1. The lowest BCUT2D eigenvalue weighted by atomic mass is 10.1. The molecule has 1 amide bonds. The third kappa shape index (κ3) is 3.59. The first-order chi connectivity index (χ1) is 12.8. The van der Waals surface area contributed by atoms with Crippen molar-refractivity contribution in [3.8, 4) is 0 Å². The Labute approximate surface area is 150 Å². The maximum atomic E-state index is 12.3. The summed E-state index contributed by atoms with van der Waals surface area (Å²) < 4.78 is 5.26. The molecule has 0 aliphatic heterocycles. The molecule has 0 aliphatic carbocycles. The zero-order valence-electron chi connectivity index (χ0n) is 14.0. The highest BCUT2D eigenvalue weighted by Crippen LogP contribution is 2.19. The van der Waals surface area contributed by atoms with Crippen molar-refractivity contribution in [3.63, 3.8) is 0 Å². The summed E-state index contributed by atoms with van der Waals surface area (Å²) >= 11 is 0. The Bertz CT molecular complexity index is 1000. The SMILES string of the molecule is O=C(Cc1c[nH]c2ccccc12)Nc1ccc(NCc2ccco2)nc1. The number of amides is 1. The number of furan rings is 1. The molecule has 0 unspecified atom stereocenters. The Kier molecular flexibility index (Phi) is 4.38. The molecule has 0 radical (unpaired) electrons. The summed E-state index contributed by atoms with van der Waals surface area (Å²) in [5.74, 6) is 1.48. The highest BCUT2D eigenvalue weighted by molar-refractivity contribution is 5.95. The molecular formula is C20H18N4O2. The molecule has 1 aromatic carbocycles. The van der Waals surface area contributed by atoms with Crippen LogP contribution in [0.5, 0.6) is 0 Å². The Hall–Kier alpha value is -3.54. The van der Waals surface area contributed by atoms with Gasteiger partial charge in [0.1, 0.15) is 11.6 Å². The van der Waals surface area contributed by atoms with Crippen LogP contribution in [0.25, 0.3) is 10.9 Å². The lowest BCUT2D eigenvalue weighted by molar-refractivity contribution is -0.115. The quantitative estimate of drug-likeness (QED) is 0.494. The van der Waals surface area contributed by atoms with E-state index in [2.05, 4.69) is 20.6 Å². The molecule has 0 bridgehead atoms. The van der Waals surface area contributed by atoms with E-state index in [-0.39, 0.29) is 5.91 Å². The standard InChI is InChI=1S/C20H18N4O2/c25-20(10-14-11-21-18-6-2-1-5-17(14)18)24-15-7-8-19(22-12-15)23-13-16-4-3-9-26-16/h1-9,11-12,21H,10,13H2,(H,22,23)(H,24,25). The predicted molar refractivity (Wildman–Crippen MR) is 101 cm³/mol. The van der Waals surface area contributed by atoms with E-state index in [1.807, 2.05) is 54.7 Å². The lowest BCUT2D eigenvalue weighted by Gasteiger charge is -2.07. The Balaban J connectivity index is 1.35. The molecule has 3 heterocycles. The summed E-state index contributed by atoms with van der Waals surface area (Å²) in [5, 5.41) is 7.11. The van der Waals surface area contributed by atoms with Crippen molar-refractivity contribution in [1.82, 2.24) is 9.97 Å². The number of H-pyrrole nitrogens is 1. The molecule has 0 aliphatic rings. The number of anilines is 2. The van der Waals surface area contributed by atoms with Gasteiger partial charge in [0.05, 0.1) is 31.1 Å². The third-order valence-corrected chi connectivity index (χ3v) is 4.10. The zero-order chi connectivity index (χ0) is 17.8. The van der Waals surface area contributed by atoms with Crippen LogP contribution in [0.15, 0.2) is 71.6 Å². The molecule has 0 saturated carbocycles. The average Bonchev–Trinajstić information content (AvgIpc) is 3.32. The zero-order valence-corrected chi connectivity index (χ0v) is 14.0. The van der Waals surface area contributed by atoms with Gasteiger partial charge in [0.15, 0.2) is 0 Å². The summed E-state index contributed by atoms with van der Waals surface area (Å²) in [4.78, 5) is 19.8. The summed E-state index contributed by atoms with van der Waals surface area (Å²) in [5.41, 5.74) is 2.67. The molecule has 6 heteroatoms. The number of hydrogen-bond donors (Lipinski definition) is 3. The fourth-order valence-corrected chi connectivity index (χ4v) is 2.82. The minimum absolute atomic E-state index is 0.0761. The Morgan fingerprint density at radius 3 is 2.85 bits per heavy atom. The van der Waals surface area contributed by atoms with Crippen LogP contribution in [0.2, 0.25) is 0 Å². The fourth-order valence-electron chi connectivity index (χ4n) is 2.82. The minimum atomic E-state index is -0.0761. The molecule has 0 spiro atoms. The van der Waals surface area contributed by atoms with Gasteiger partial charge < -0.3 is 20.0 Å². The third-order valence-electron chi connectivity index (χ3n) is 4.10. The first-order valence-corrected chi connectivity index (χ1v) is 8.35. The molecule has 26 heavy (non-hydrogen) atoms. The number of nitrogens with zero attached hydrogens (tertiary/aromatic N) is 1. The highest BCUT2D eigenvalue weighted by Gasteiger charge is 2.09. The second-order valence-corrected chi connectivity index (χ2v) is 5.95. The molecule has 4 rings (SSSR count). The molecule has 6 nitrogen and oxygen atoms in total. The Morgan fingerprint density at radius 1 is 1.12 bits per heavy atom. The van der Waals surface area contributed by atoms with Crippen molar-refractivity contribution in [1.29, 1.82) is 0 Å². The van der Waals surface area contributed by atoms with E-state index in [1.54, 1.807) is 12.5 Å². The molecule has 0 atom stereocenters. The first kappa shape index (κ1) is 16.0. The molecule has 4 aromatic rings. The summed E-state index contributed by atoms with van der Waals surface area (Å²) in [6.07, 6.45) is 5.46. The second-order valence-electron chi connectivity index (χ2n) is 5.95. The normalized spacial score (nSPS) is 10.8. The number of aromatic amines is 1. The number of fused-ring (bicyclic) bond motifs is 1. The molecule has 130 valence electrons. The van der Waals surface area contributed by atoms with Crippen LogP contribution in [-0.4, -0.2) is 15.9 Å². The van der Waals surface area contributed by atoms with E-state index in [9.17, 15) is 4.79 Å². The topological polar surface area (TPSA) is 83.0 Å². The van der Waals surface area contributed by atoms with Gasteiger partial charge in [-0.15, -0.1) is 0 Å². The first-order valence-electron chi connectivity index (χ1n) is 8.35. The lowest BCUT2D eigenvalue weighted by Crippen LogP contribution is -2.14. The van der Waals surface area contributed by atoms with Crippen molar-refractivity contribution < 1.29 is 9.21 Å². The number of carbonyl (C=O) groups excluding carboxylic acids is 1. The fraction of sp³-hybridized carbons (Fsp3) is 0.100. The van der Waals surface area contributed by atoms with Crippen LogP contribution in [0.3, 0.4) is 0 Å². The minimum Gasteiger partial charge on any atom is -0.467 e. The van der Waals surface area contributed by atoms with Crippen LogP contribution in [0.1, 0.15) is 11.3 Å². The summed E-state index contributed by atoms with van der Waals surface area (Å²) in [6.45, 7) is 0.562. The summed E-state index contributed by atoms with van der Waals surface area (Å²) in [7, 11) is 0. The molecule has 3 N–H and O–H groups in total. The predicted octanol–water partition coefficient (Wildman–Crippen LogP) is 3.95. The van der Waals surface area contributed by atoms with E-state index in [0.717, 1.165) is 28.0 Å². The van der Waals surface area contributed by atoms with E-state index < -0.39 is 0 Å². The number of aromatic nitrogens is 2. The number of para-hydroxylation sites is 1. The van der Waals surface area contributed by atoms with E-state index in [4.69, 9.17) is 4.42 Å². The maximum absolute atomic E-state index is 12.3. The van der Waals surface area contributed by atoms with Gasteiger partial charge in [0.25, 0.3) is 0 Å². The molecule has 0 fully saturated rings. The van der Waals surface area contributed by atoms with Gasteiger partial charge >= 0.3 is 0 Å². The number of rotatable bonds is 6. The second kappa shape index (κ2) is 7.14. The van der Waals surface area contributed by atoms with Gasteiger partial charge in [-0.25, -0.2) is 4.98 Å². The number of hydrogen-bond acceptors (Lipinski definition) is 4. The van der Waals surface area contributed by atoms with E-state index in [0.29, 0.717) is 18.7 Å². The van der Waals surface area contributed by atoms with Crippen LogP contribution in [0, 0.1) is 0 Å². The van der Waals surface area contributed by atoms with Crippen molar-refractivity contribution in [3.05, 3.63) is 78.5 Å². The molecule has 0 saturated heterocycles. The van der Waals surface area contributed by atoms with Gasteiger partial charge in [-0.05, 0) is 35.9 Å².